The van der Waals surface area contributed by atoms with Gasteiger partial charge < -0.3 is 15.0 Å². The number of halogens is 1. The Morgan fingerprint density at radius 3 is 2.78 bits per heavy atom. The second-order valence-electron chi connectivity index (χ2n) is 8.10. The van der Waals surface area contributed by atoms with Crippen LogP contribution in [-0.4, -0.2) is 56.0 Å². The number of rotatable bonds is 7. The predicted molar refractivity (Wildman–Crippen MR) is 117 cm³/mol. The molecule has 1 N–H and O–H groups in total. The van der Waals surface area contributed by atoms with Crippen molar-refractivity contribution in [2.45, 2.75) is 19.4 Å². The van der Waals surface area contributed by atoms with Gasteiger partial charge in [-0.25, -0.2) is 4.39 Å². The summed E-state index contributed by atoms with van der Waals surface area (Å²) in [4.78, 5) is 41.9. The molecule has 8 heteroatoms. The molecule has 2 heterocycles. The highest BCUT2D eigenvalue weighted by Crippen LogP contribution is 2.34. The maximum Gasteiger partial charge on any atom is 0.263 e. The summed E-state index contributed by atoms with van der Waals surface area (Å²) >= 11 is 0. The van der Waals surface area contributed by atoms with Crippen LogP contribution >= 0.6 is 0 Å². The van der Waals surface area contributed by atoms with E-state index in [2.05, 4.69) is 5.32 Å². The summed E-state index contributed by atoms with van der Waals surface area (Å²) in [5.74, 6) is -1.43. The molecule has 32 heavy (non-hydrogen) atoms. The SMILES string of the molecule is COCCNC(=O)[C@@H]1CCCN(c2cccc3c2C(=O)N(Cc2cccc(F)c2)C3=O)C1. The third kappa shape index (κ3) is 4.36. The first kappa shape index (κ1) is 22.0. The molecule has 1 atom stereocenters. The first-order chi connectivity index (χ1) is 15.5. The van der Waals surface area contributed by atoms with Gasteiger partial charge >= 0.3 is 0 Å². The van der Waals surface area contributed by atoms with E-state index in [0.717, 1.165) is 17.7 Å². The smallest absolute Gasteiger partial charge is 0.263 e. The fourth-order valence-electron chi connectivity index (χ4n) is 4.37. The minimum Gasteiger partial charge on any atom is -0.383 e. The van der Waals surface area contributed by atoms with Crippen molar-refractivity contribution in [1.82, 2.24) is 10.2 Å². The van der Waals surface area contributed by atoms with Crippen LogP contribution in [0.4, 0.5) is 10.1 Å². The molecule has 0 bridgehead atoms. The molecule has 0 saturated carbocycles. The maximum absolute atomic E-state index is 13.6. The number of ether oxygens (including phenoxy) is 1. The number of anilines is 1. The number of methoxy groups -OCH3 is 1. The molecule has 2 aliphatic heterocycles. The average Bonchev–Trinajstić information content (AvgIpc) is 3.04. The molecular weight excluding hydrogens is 413 g/mol. The molecule has 2 aliphatic rings. The van der Waals surface area contributed by atoms with Crippen LogP contribution in [0, 0.1) is 11.7 Å². The van der Waals surface area contributed by atoms with E-state index in [-0.39, 0.29) is 24.3 Å². The first-order valence-electron chi connectivity index (χ1n) is 10.7. The molecule has 0 radical (unpaired) electrons. The van der Waals surface area contributed by atoms with E-state index in [1.807, 2.05) is 11.0 Å². The molecule has 1 fully saturated rings. The van der Waals surface area contributed by atoms with Crippen molar-refractivity contribution in [3.05, 3.63) is 65.0 Å². The van der Waals surface area contributed by atoms with Crippen LogP contribution in [-0.2, 0) is 16.1 Å². The van der Waals surface area contributed by atoms with Crippen LogP contribution in [0.15, 0.2) is 42.5 Å². The monoisotopic (exact) mass is 439 g/mol. The lowest BCUT2D eigenvalue weighted by Gasteiger charge is -2.34. The zero-order valence-corrected chi connectivity index (χ0v) is 18.0. The molecule has 0 aromatic heterocycles. The van der Waals surface area contributed by atoms with E-state index >= 15 is 0 Å². The largest absolute Gasteiger partial charge is 0.383 e. The lowest BCUT2D eigenvalue weighted by Crippen LogP contribution is -2.44. The van der Waals surface area contributed by atoms with Crippen molar-refractivity contribution < 1.29 is 23.5 Å². The second kappa shape index (κ2) is 9.48. The van der Waals surface area contributed by atoms with Gasteiger partial charge in [-0.2, -0.15) is 0 Å². The van der Waals surface area contributed by atoms with Gasteiger partial charge in [-0.15, -0.1) is 0 Å². The van der Waals surface area contributed by atoms with E-state index in [4.69, 9.17) is 4.74 Å². The summed E-state index contributed by atoms with van der Waals surface area (Å²) in [5, 5.41) is 2.88. The Kier molecular flexibility index (Phi) is 6.50. The van der Waals surface area contributed by atoms with Gasteiger partial charge in [-0.3, -0.25) is 19.3 Å². The fraction of sp³-hybridized carbons (Fsp3) is 0.375. The van der Waals surface area contributed by atoms with Gasteiger partial charge in [0.1, 0.15) is 5.82 Å². The van der Waals surface area contributed by atoms with E-state index in [1.54, 1.807) is 31.4 Å². The molecule has 168 valence electrons. The molecular formula is C24H26FN3O4. The van der Waals surface area contributed by atoms with Crippen molar-refractivity contribution in [1.29, 1.82) is 0 Å². The number of nitrogens with one attached hydrogen (secondary N) is 1. The highest BCUT2D eigenvalue weighted by Gasteiger charge is 2.39. The second-order valence-corrected chi connectivity index (χ2v) is 8.10. The molecule has 7 nitrogen and oxygen atoms in total. The number of amides is 3. The summed E-state index contributed by atoms with van der Waals surface area (Å²) in [6, 6.07) is 11.1. The number of carbonyl (C=O) groups excluding carboxylic acids is 3. The lowest BCUT2D eigenvalue weighted by atomic mass is 9.95. The number of imide groups is 1. The Balaban J connectivity index is 1.54. The Morgan fingerprint density at radius 2 is 2.00 bits per heavy atom. The molecule has 4 rings (SSSR count). The summed E-state index contributed by atoms with van der Waals surface area (Å²) in [6.45, 7) is 2.08. The molecule has 0 spiro atoms. The first-order valence-corrected chi connectivity index (χ1v) is 10.7. The maximum atomic E-state index is 13.6. The van der Waals surface area contributed by atoms with E-state index in [1.165, 1.54) is 12.1 Å². The molecule has 0 aliphatic carbocycles. The van der Waals surface area contributed by atoms with E-state index in [0.29, 0.717) is 48.6 Å². The van der Waals surface area contributed by atoms with Gasteiger partial charge in [-0.05, 0) is 42.7 Å². The van der Waals surface area contributed by atoms with Gasteiger partial charge in [-0.1, -0.05) is 18.2 Å². The third-order valence-electron chi connectivity index (χ3n) is 5.95. The molecule has 3 amide bonds. The van der Waals surface area contributed by atoms with Crippen LogP contribution in [0.3, 0.4) is 0 Å². The fourth-order valence-corrected chi connectivity index (χ4v) is 4.37. The Labute approximate surface area is 186 Å². The van der Waals surface area contributed by atoms with E-state index < -0.39 is 11.7 Å². The lowest BCUT2D eigenvalue weighted by molar-refractivity contribution is -0.125. The predicted octanol–water partition coefficient (Wildman–Crippen LogP) is 2.60. The quantitative estimate of drug-likeness (QED) is 0.530. The van der Waals surface area contributed by atoms with Gasteiger partial charge in [0, 0.05) is 26.7 Å². The van der Waals surface area contributed by atoms with Crippen molar-refractivity contribution >= 4 is 23.4 Å². The minimum absolute atomic E-state index is 0.00801. The van der Waals surface area contributed by atoms with Crippen LogP contribution in [0.25, 0.3) is 0 Å². The number of nitrogens with zero attached hydrogens (tertiary/aromatic N) is 2. The minimum atomic E-state index is -0.414. The molecule has 2 aromatic carbocycles. The van der Waals surface area contributed by atoms with Crippen molar-refractivity contribution in [3.8, 4) is 0 Å². The highest BCUT2D eigenvalue weighted by atomic mass is 19.1. The number of hydrogen-bond acceptors (Lipinski definition) is 5. The van der Waals surface area contributed by atoms with Crippen molar-refractivity contribution in [2.75, 3.05) is 38.3 Å². The Hall–Kier alpha value is -3.26. The Morgan fingerprint density at radius 1 is 1.19 bits per heavy atom. The van der Waals surface area contributed by atoms with Crippen LogP contribution in [0.1, 0.15) is 39.1 Å². The van der Waals surface area contributed by atoms with Gasteiger partial charge in [0.2, 0.25) is 5.91 Å². The zero-order valence-electron chi connectivity index (χ0n) is 18.0. The normalized spacial score (nSPS) is 18.1. The van der Waals surface area contributed by atoms with Gasteiger partial charge in [0.25, 0.3) is 11.8 Å². The van der Waals surface area contributed by atoms with Crippen molar-refractivity contribution in [2.24, 2.45) is 5.92 Å². The Bertz CT molecular complexity index is 1040. The zero-order chi connectivity index (χ0) is 22.7. The standard InChI is InChI=1S/C24H26FN3O4/c1-32-12-10-26-22(29)17-6-4-11-27(15-17)20-9-3-8-19-21(20)24(31)28(23(19)30)14-16-5-2-7-18(25)13-16/h2-3,5,7-9,13,17H,4,6,10-12,14-15H2,1H3,(H,26,29)/t17-/m1/s1. The number of benzene rings is 2. The molecule has 1 saturated heterocycles. The number of carbonyl (C=O) groups is 3. The number of fused-ring (bicyclic) bond motifs is 1. The highest BCUT2D eigenvalue weighted by molar-refractivity contribution is 6.23. The molecule has 0 unspecified atom stereocenters. The van der Waals surface area contributed by atoms with Crippen LogP contribution in [0.5, 0.6) is 0 Å². The topological polar surface area (TPSA) is 79.0 Å². The number of piperidine rings is 1. The van der Waals surface area contributed by atoms with Gasteiger partial charge in [0.15, 0.2) is 0 Å². The summed E-state index contributed by atoms with van der Waals surface area (Å²) in [7, 11) is 1.58. The summed E-state index contributed by atoms with van der Waals surface area (Å²) in [5.41, 5.74) is 1.91. The number of hydrogen-bond donors (Lipinski definition) is 1. The van der Waals surface area contributed by atoms with Crippen LogP contribution in [0.2, 0.25) is 0 Å². The average molecular weight is 439 g/mol. The van der Waals surface area contributed by atoms with Crippen molar-refractivity contribution in [3.63, 3.8) is 0 Å². The van der Waals surface area contributed by atoms with Crippen LogP contribution < -0.4 is 10.2 Å². The summed E-state index contributed by atoms with van der Waals surface area (Å²) in [6.07, 6.45) is 1.57. The van der Waals surface area contributed by atoms with E-state index in [9.17, 15) is 18.8 Å². The van der Waals surface area contributed by atoms with Gasteiger partial charge in [0.05, 0.1) is 35.9 Å². The third-order valence-corrected chi connectivity index (χ3v) is 5.95. The molecule has 2 aromatic rings. The summed E-state index contributed by atoms with van der Waals surface area (Å²) < 4.78 is 18.6.